The quantitative estimate of drug-likeness (QED) is 0.719. The molecule has 3 heteroatoms. The fourth-order valence-corrected chi connectivity index (χ4v) is 2.05. The molecule has 0 saturated carbocycles. The summed E-state index contributed by atoms with van der Waals surface area (Å²) in [5.41, 5.74) is 0.688. The van der Waals surface area contributed by atoms with E-state index in [4.69, 9.17) is 14.2 Å². The first kappa shape index (κ1) is 13.2. The third-order valence-corrected chi connectivity index (χ3v) is 3.07. The Morgan fingerprint density at radius 1 is 0.812 bits per heavy atom. The van der Waals surface area contributed by atoms with E-state index in [9.17, 15) is 0 Å². The van der Waals surface area contributed by atoms with Crippen LogP contribution < -0.4 is 0 Å². The van der Waals surface area contributed by atoms with Crippen molar-refractivity contribution in [3.63, 3.8) is 0 Å². The first-order valence-corrected chi connectivity index (χ1v) is 5.25. The molecule has 0 atom stereocenters. The Morgan fingerprint density at radius 2 is 1.25 bits per heavy atom. The van der Waals surface area contributed by atoms with Gasteiger partial charge in [-0.2, -0.15) is 0 Å². The highest BCUT2D eigenvalue weighted by atomic mass is 16.9. The SMILES string of the molecule is COC(OC)(OC)C(C)(C)c1ccccc1. The molecule has 0 saturated heterocycles. The van der Waals surface area contributed by atoms with E-state index < -0.39 is 11.4 Å². The van der Waals surface area contributed by atoms with Crippen LogP contribution in [0.2, 0.25) is 0 Å². The number of benzene rings is 1. The van der Waals surface area contributed by atoms with Crippen molar-refractivity contribution >= 4 is 0 Å². The summed E-state index contributed by atoms with van der Waals surface area (Å²) in [5, 5.41) is 0. The third-order valence-electron chi connectivity index (χ3n) is 3.07. The normalized spacial score (nSPS) is 12.8. The molecule has 1 aromatic rings. The molecule has 0 radical (unpaired) electrons. The predicted molar refractivity (Wildman–Crippen MR) is 63.2 cm³/mol. The summed E-state index contributed by atoms with van der Waals surface area (Å²) in [7, 11) is 4.74. The van der Waals surface area contributed by atoms with Gasteiger partial charge in [-0.15, -0.1) is 0 Å². The molecule has 0 amide bonds. The molecule has 0 aromatic heterocycles. The van der Waals surface area contributed by atoms with E-state index in [0.717, 1.165) is 5.56 Å². The second-order valence-corrected chi connectivity index (χ2v) is 4.16. The second-order valence-electron chi connectivity index (χ2n) is 4.16. The van der Waals surface area contributed by atoms with E-state index in [-0.39, 0.29) is 0 Å². The van der Waals surface area contributed by atoms with Crippen molar-refractivity contribution in [2.75, 3.05) is 21.3 Å². The fraction of sp³-hybridized carbons (Fsp3) is 0.538. The number of rotatable bonds is 5. The van der Waals surface area contributed by atoms with Crippen LogP contribution in [0.25, 0.3) is 0 Å². The Balaban J connectivity index is 3.18. The van der Waals surface area contributed by atoms with Gasteiger partial charge in [0.2, 0.25) is 0 Å². The Kier molecular flexibility index (Phi) is 4.08. The number of hydrogen-bond acceptors (Lipinski definition) is 3. The van der Waals surface area contributed by atoms with Gasteiger partial charge in [0.05, 0.1) is 5.41 Å². The van der Waals surface area contributed by atoms with Crippen molar-refractivity contribution in [3.05, 3.63) is 35.9 Å². The molecule has 16 heavy (non-hydrogen) atoms. The predicted octanol–water partition coefficient (Wildman–Crippen LogP) is 2.56. The van der Waals surface area contributed by atoms with Crippen molar-refractivity contribution in [3.8, 4) is 0 Å². The molecule has 0 bridgehead atoms. The van der Waals surface area contributed by atoms with Gasteiger partial charge >= 0.3 is 0 Å². The van der Waals surface area contributed by atoms with Crippen molar-refractivity contribution < 1.29 is 14.2 Å². The minimum absolute atomic E-state index is 0.410. The highest BCUT2D eigenvalue weighted by molar-refractivity contribution is 5.25. The summed E-state index contributed by atoms with van der Waals surface area (Å²) < 4.78 is 16.2. The van der Waals surface area contributed by atoms with Gasteiger partial charge in [0.15, 0.2) is 0 Å². The Hall–Kier alpha value is -0.900. The molecule has 0 unspecified atom stereocenters. The maximum Gasteiger partial charge on any atom is 0.291 e. The summed E-state index contributed by atoms with van der Waals surface area (Å²) in [5.74, 6) is -1.08. The van der Waals surface area contributed by atoms with E-state index in [2.05, 4.69) is 0 Å². The Labute approximate surface area is 97.3 Å². The summed E-state index contributed by atoms with van der Waals surface area (Å²) in [4.78, 5) is 0. The Bertz CT molecular complexity index is 307. The van der Waals surface area contributed by atoms with Gasteiger partial charge in [-0.1, -0.05) is 30.3 Å². The molecule has 0 N–H and O–H groups in total. The van der Waals surface area contributed by atoms with E-state index in [1.54, 1.807) is 21.3 Å². The van der Waals surface area contributed by atoms with E-state index >= 15 is 0 Å². The molecule has 1 rings (SSSR count). The zero-order chi connectivity index (χ0) is 12.2. The maximum absolute atomic E-state index is 5.41. The molecule has 3 nitrogen and oxygen atoms in total. The van der Waals surface area contributed by atoms with Crippen LogP contribution in [0.15, 0.2) is 30.3 Å². The highest BCUT2D eigenvalue weighted by Crippen LogP contribution is 2.38. The van der Waals surface area contributed by atoms with Crippen LogP contribution in [0.3, 0.4) is 0 Å². The molecule has 0 aliphatic rings. The van der Waals surface area contributed by atoms with Gasteiger partial charge in [0.25, 0.3) is 5.97 Å². The zero-order valence-corrected chi connectivity index (χ0v) is 10.6. The van der Waals surface area contributed by atoms with Crippen LogP contribution in [0.1, 0.15) is 19.4 Å². The van der Waals surface area contributed by atoms with Gasteiger partial charge in [0.1, 0.15) is 0 Å². The largest absolute Gasteiger partial charge is 0.330 e. The van der Waals surface area contributed by atoms with Crippen LogP contribution in [0.4, 0.5) is 0 Å². The van der Waals surface area contributed by atoms with Gasteiger partial charge < -0.3 is 14.2 Å². The first-order valence-electron chi connectivity index (χ1n) is 5.25. The number of methoxy groups -OCH3 is 3. The molecule has 0 aliphatic heterocycles. The highest BCUT2D eigenvalue weighted by Gasteiger charge is 2.48. The second kappa shape index (κ2) is 4.95. The summed E-state index contributed by atoms with van der Waals surface area (Å²) in [6, 6.07) is 10.0. The number of ether oxygens (including phenoxy) is 3. The molecular weight excluding hydrogens is 204 g/mol. The monoisotopic (exact) mass is 224 g/mol. The lowest BCUT2D eigenvalue weighted by Crippen LogP contribution is -2.52. The van der Waals surface area contributed by atoms with Crippen LogP contribution in [-0.4, -0.2) is 27.3 Å². The minimum Gasteiger partial charge on any atom is -0.330 e. The summed E-state index contributed by atoms with van der Waals surface area (Å²) in [6.07, 6.45) is 0. The molecule has 0 heterocycles. The van der Waals surface area contributed by atoms with Crippen LogP contribution in [0, 0.1) is 0 Å². The van der Waals surface area contributed by atoms with E-state index in [1.165, 1.54) is 0 Å². The molecule has 1 aromatic carbocycles. The molecule has 0 fully saturated rings. The molecule has 90 valence electrons. The number of hydrogen-bond donors (Lipinski definition) is 0. The maximum atomic E-state index is 5.41. The average molecular weight is 224 g/mol. The van der Waals surface area contributed by atoms with Crippen LogP contribution in [-0.2, 0) is 19.6 Å². The smallest absolute Gasteiger partial charge is 0.291 e. The standard InChI is InChI=1S/C13H20O3/c1-12(2,11-9-7-6-8-10-11)13(14-3,15-4)16-5/h6-10H,1-5H3. The first-order chi connectivity index (χ1) is 7.54. The van der Waals surface area contributed by atoms with Crippen molar-refractivity contribution in [1.29, 1.82) is 0 Å². The van der Waals surface area contributed by atoms with Crippen LogP contribution in [0.5, 0.6) is 0 Å². The van der Waals surface area contributed by atoms with Crippen molar-refractivity contribution in [2.24, 2.45) is 0 Å². The van der Waals surface area contributed by atoms with Gasteiger partial charge in [-0.05, 0) is 19.4 Å². The summed E-state index contributed by atoms with van der Waals surface area (Å²) in [6.45, 7) is 4.05. The Morgan fingerprint density at radius 3 is 1.62 bits per heavy atom. The summed E-state index contributed by atoms with van der Waals surface area (Å²) >= 11 is 0. The topological polar surface area (TPSA) is 27.7 Å². The van der Waals surface area contributed by atoms with Crippen molar-refractivity contribution in [1.82, 2.24) is 0 Å². The van der Waals surface area contributed by atoms with Gasteiger partial charge in [-0.25, -0.2) is 0 Å². The van der Waals surface area contributed by atoms with E-state index in [0.29, 0.717) is 0 Å². The minimum atomic E-state index is -1.08. The lowest BCUT2D eigenvalue weighted by Gasteiger charge is -2.42. The fourth-order valence-electron chi connectivity index (χ4n) is 2.05. The van der Waals surface area contributed by atoms with Crippen molar-refractivity contribution in [2.45, 2.75) is 25.2 Å². The average Bonchev–Trinajstić information content (AvgIpc) is 2.33. The molecule has 0 spiro atoms. The molecule has 0 aliphatic carbocycles. The molecular formula is C13H20O3. The third kappa shape index (κ3) is 1.98. The van der Waals surface area contributed by atoms with E-state index in [1.807, 2.05) is 44.2 Å². The lowest BCUT2D eigenvalue weighted by atomic mass is 9.81. The zero-order valence-electron chi connectivity index (χ0n) is 10.6. The van der Waals surface area contributed by atoms with Gasteiger partial charge in [0, 0.05) is 21.3 Å². The van der Waals surface area contributed by atoms with Gasteiger partial charge in [-0.3, -0.25) is 0 Å². The lowest BCUT2D eigenvalue weighted by molar-refractivity contribution is -0.382. The van der Waals surface area contributed by atoms with Crippen LogP contribution >= 0.6 is 0 Å².